The minimum atomic E-state index is -2.81. The average Bonchev–Trinajstić information content (AvgIpc) is 3.56. The lowest BCUT2D eigenvalue weighted by molar-refractivity contribution is 0.116. The molecule has 0 saturated carbocycles. The molecule has 1 aliphatic heterocycles. The van der Waals surface area contributed by atoms with Gasteiger partial charge in [0.2, 0.25) is 5.89 Å². The van der Waals surface area contributed by atoms with Gasteiger partial charge in [-0.1, -0.05) is 16.8 Å². The molecule has 3 aromatic heterocycles. The third-order valence-corrected chi connectivity index (χ3v) is 5.64. The van der Waals surface area contributed by atoms with Gasteiger partial charge in [-0.15, -0.1) is 15.3 Å². The predicted octanol–water partition coefficient (Wildman–Crippen LogP) is 4.63. The lowest BCUT2D eigenvalue weighted by Crippen LogP contribution is -2.18. The molecule has 0 spiro atoms. The molecular formula is C22H20ClF2N7O. The molecule has 0 unspecified atom stereocenters. The molecule has 8 nitrogen and oxygen atoms in total. The molecule has 11 heteroatoms. The number of pyridine rings is 1. The fraction of sp³-hybridized carbons (Fsp3) is 0.318. The Labute approximate surface area is 193 Å². The molecule has 0 atom stereocenters. The summed E-state index contributed by atoms with van der Waals surface area (Å²) in [7, 11) is 0. The van der Waals surface area contributed by atoms with Gasteiger partial charge in [-0.25, -0.2) is 4.68 Å². The van der Waals surface area contributed by atoms with Crippen LogP contribution in [0.15, 0.2) is 47.1 Å². The van der Waals surface area contributed by atoms with E-state index in [1.807, 2.05) is 18.3 Å². The van der Waals surface area contributed by atoms with E-state index in [2.05, 4.69) is 36.5 Å². The van der Waals surface area contributed by atoms with Crippen molar-refractivity contribution in [3.8, 4) is 22.7 Å². The van der Waals surface area contributed by atoms with Crippen LogP contribution in [0.2, 0.25) is 5.02 Å². The largest absolute Gasteiger partial charge is 0.415 e. The fourth-order valence-electron chi connectivity index (χ4n) is 3.85. The van der Waals surface area contributed by atoms with Crippen molar-refractivity contribution in [3.63, 3.8) is 0 Å². The number of nitrogens with zero attached hydrogens (tertiary/aromatic N) is 7. The smallest absolute Gasteiger partial charge is 0.314 e. The molecule has 0 N–H and O–H groups in total. The molecule has 170 valence electrons. The zero-order valence-electron chi connectivity index (χ0n) is 17.5. The number of hydrogen-bond acceptors (Lipinski definition) is 7. The fourth-order valence-corrected chi connectivity index (χ4v) is 4.10. The summed E-state index contributed by atoms with van der Waals surface area (Å²) >= 11 is 6.36. The second-order valence-corrected chi connectivity index (χ2v) is 8.35. The molecule has 0 aliphatic carbocycles. The van der Waals surface area contributed by atoms with Gasteiger partial charge in [0.15, 0.2) is 0 Å². The van der Waals surface area contributed by atoms with Crippen LogP contribution in [0.4, 0.5) is 8.78 Å². The first-order chi connectivity index (χ1) is 16.0. The first kappa shape index (κ1) is 21.6. The third-order valence-electron chi connectivity index (χ3n) is 5.42. The number of rotatable bonds is 7. The van der Waals surface area contributed by atoms with Gasteiger partial charge >= 0.3 is 6.43 Å². The Bertz CT molecular complexity index is 1240. The van der Waals surface area contributed by atoms with Crippen molar-refractivity contribution in [2.75, 3.05) is 13.1 Å². The number of aromatic nitrogens is 6. The Morgan fingerprint density at radius 3 is 2.58 bits per heavy atom. The number of likely N-dealkylation sites (tertiary alicyclic amines) is 1. The Morgan fingerprint density at radius 2 is 1.85 bits per heavy atom. The van der Waals surface area contributed by atoms with Gasteiger partial charge in [0, 0.05) is 23.3 Å². The summed E-state index contributed by atoms with van der Waals surface area (Å²) in [5.41, 5.74) is 3.97. The zero-order chi connectivity index (χ0) is 22.8. The highest BCUT2D eigenvalue weighted by molar-refractivity contribution is 6.30. The van der Waals surface area contributed by atoms with E-state index in [0.717, 1.165) is 36.5 Å². The summed E-state index contributed by atoms with van der Waals surface area (Å²) in [6.07, 6.45) is 3.01. The lowest BCUT2D eigenvalue weighted by Gasteiger charge is -2.15. The minimum Gasteiger partial charge on any atom is -0.415 e. The van der Waals surface area contributed by atoms with E-state index >= 15 is 0 Å². The van der Waals surface area contributed by atoms with Gasteiger partial charge in [0.1, 0.15) is 5.69 Å². The molecule has 1 aliphatic rings. The molecule has 4 heterocycles. The van der Waals surface area contributed by atoms with E-state index in [-0.39, 0.29) is 5.89 Å². The van der Waals surface area contributed by atoms with E-state index < -0.39 is 12.3 Å². The van der Waals surface area contributed by atoms with Crippen LogP contribution in [-0.4, -0.2) is 48.2 Å². The van der Waals surface area contributed by atoms with Gasteiger partial charge in [-0.3, -0.25) is 9.88 Å². The molecule has 1 aromatic carbocycles. The topological polar surface area (TPSA) is 85.8 Å². The second kappa shape index (κ2) is 9.32. The van der Waals surface area contributed by atoms with Crippen LogP contribution in [0.5, 0.6) is 0 Å². The molecule has 1 saturated heterocycles. The highest BCUT2D eigenvalue weighted by Gasteiger charge is 2.17. The Hall–Kier alpha value is -3.24. The first-order valence-corrected chi connectivity index (χ1v) is 10.9. The molecule has 0 radical (unpaired) electrons. The van der Waals surface area contributed by atoms with Crippen LogP contribution in [0, 0.1) is 0 Å². The van der Waals surface area contributed by atoms with Crippen LogP contribution in [0.3, 0.4) is 0 Å². The van der Waals surface area contributed by atoms with Crippen molar-refractivity contribution in [1.29, 1.82) is 0 Å². The summed E-state index contributed by atoms with van der Waals surface area (Å²) in [5.74, 6) is -0.716. The van der Waals surface area contributed by atoms with Crippen LogP contribution in [0.1, 0.15) is 36.4 Å². The highest BCUT2D eigenvalue weighted by Crippen LogP contribution is 2.26. The van der Waals surface area contributed by atoms with Crippen molar-refractivity contribution in [2.45, 2.75) is 32.4 Å². The van der Waals surface area contributed by atoms with Crippen molar-refractivity contribution in [1.82, 2.24) is 35.1 Å². The number of hydrogen-bond donors (Lipinski definition) is 0. The first-order valence-electron chi connectivity index (χ1n) is 10.5. The van der Waals surface area contributed by atoms with Crippen molar-refractivity contribution in [3.05, 3.63) is 64.9 Å². The summed E-state index contributed by atoms with van der Waals surface area (Å²) in [6.45, 7) is 3.49. The predicted molar refractivity (Wildman–Crippen MR) is 117 cm³/mol. The van der Waals surface area contributed by atoms with E-state index in [1.54, 1.807) is 16.8 Å². The quantitative estimate of drug-likeness (QED) is 0.388. The van der Waals surface area contributed by atoms with Gasteiger partial charge in [0.05, 0.1) is 24.0 Å². The lowest BCUT2D eigenvalue weighted by atomic mass is 10.1. The Balaban J connectivity index is 1.28. The molecule has 1 fully saturated rings. The van der Waals surface area contributed by atoms with Gasteiger partial charge in [-0.05, 0) is 61.8 Å². The van der Waals surface area contributed by atoms with Gasteiger partial charge in [0.25, 0.3) is 5.89 Å². The molecule has 0 amide bonds. The molecular weight excluding hydrogens is 452 g/mol. The summed E-state index contributed by atoms with van der Waals surface area (Å²) in [5, 5.41) is 16.1. The van der Waals surface area contributed by atoms with Crippen LogP contribution >= 0.6 is 11.6 Å². The van der Waals surface area contributed by atoms with Crippen LogP contribution in [-0.2, 0) is 13.1 Å². The van der Waals surface area contributed by atoms with E-state index in [4.69, 9.17) is 16.0 Å². The van der Waals surface area contributed by atoms with Crippen molar-refractivity contribution < 1.29 is 13.2 Å². The molecule has 4 aromatic rings. The minimum absolute atomic E-state index is 0.00178. The maximum atomic E-state index is 12.6. The standard InChI is InChI=1S/C22H20ClF2N7O/c23-17-8-14(11-31-5-1-2-6-31)7-16(9-17)19-13-32(30-27-19)12-18-4-3-15(10-26-18)21-28-29-22(33-21)20(24)25/h3-4,7-10,13,20H,1-2,5-6,11-12H2. The number of benzene rings is 1. The van der Waals surface area contributed by atoms with E-state index in [0.29, 0.717) is 22.8 Å². The maximum Gasteiger partial charge on any atom is 0.314 e. The third kappa shape index (κ3) is 5.07. The SMILES string of the molecule is FC(F)c1nnc(-c2ccc(Cn3cc(-c4cc(Cl)cc(CN5CCCC5)c4)nn3)nc2)o1. The summed E-state index contributed by atoms with van der Waals surface area (Å²) < 4.78 is 31.9. The second-order valence-electron chi connectivity index (χ2n) is 7.92. The Morgan fingerprint density at radius 1 is 1.00 bits per heavy atom. The van der Waals surface area contributed by atoms with Crippen molar-refractivity contribution >= 4 is 11.6 Å². The van der Waals surface area contributed by atoms with Gasteiger partial charge in [-0.2, -0.15) is 8.78 Å². The number of alkyl halides is 2. The molecule has 33 heavy (non-hydrogen) atoms. The molecule has 0 bridgehead atoms. The maximum absolute atomic E-state index is 12.6. The zero-order valence-corrected chi connectivity index (χ0v) is 18.3. The van der Waals surface area contributed by atoms with E-state index in [9.17, 15) is 8.78 Å². The average molecular weight is 472 g/mol. The van der Waals surface area contributed by atoms with Crippen LogP contribution in [0.25, 0.3) is 22.7 Å². The highest BCUT2D eigenvalue weighted by atomic mass is 35.5. The summed E-state index contributed by atoms with van der Waals surface area (Å²) in [4.78, 5) is 6.76. The Kier molecular flexibility index (Phi) is 6.10. The van der Waals surface area contributed by atoms with Gasteiger partial charge < -0.3 is 4.42 Å². The van der Waals surface area contributed by atoms with Crippen molar-refractivity contribution in [2.24, 2.45) is 0 Å². The monoisotopic (exact) mass is 471 g/mol. The van der Waals surface area contributed by atoms with E-state index in [1.165, 1.54) is 19.0 Å². The van der Waals surface area contributed by atoms with Crippen LogP contribution < -0.4 is 0 Å². The molecule has 5 rings (SSSR count). The summed E-state index contributed by atoms with van der Waals surface area (Å²) in [6, 6.07) is 9.41. The normalized spacial score (nSPS) is 14.4. The number of halogens is 3.